The molecule has 0 spiro atoms. The molecule has 3 aromatic rings. The van der Waals surface area contributed by atoms with Crippen molar-refractivity contribution in [3.63, 3.8) is 0 Å². The molecule has 4 N–H and O–H groups in total. The molecule has 1 aliphatic carbocycles. The molecule has 0 saturated carbocycles. The quantitative estimate of drug-likeness (QED) is 0.281. The van der Waals surface area contributed by atoms with Gasteiger partial charge in [0, 0.05) is 44.9 Å². The zero-order valence-electron chi connectivity index (χ0n) is 23.6. The number of hydrogen-bond acceptors (Lipinski definition) is 1. The number of aromatic amines is 3. The third-order valence-electron chi connectivity index (χ3n) is 9.71. The van der Waals surface area contributed by atoms with E-state index in [-0.39, 0.29) is 5.41 Å². The van der Waals surface area contributed by atoms with Crippen LogP contribution in [0.4, 0.5) is 0 Å². The highest BCUT2D eigenvalue weighted by molar-refractivity contribution is 5.74. The number of nitrogens with one attached hydrogen (secondary N) is 4. The maximum absolute atomic E-state index is 3.87. The molecule has 3 aliphatic rings. The van der Waals surface area contributed by atoms with Crippen LogP contribution < -0.4 is 16.0 Å². The molecule has 5 heterocycles. The first-order valence-corrected chi connectivity index (χ1v) is 13.4. The summed E-state index contributed by atoms with van der Waals surface area (Å²) in [5, 5.41) is 6.18. The van der Waals surface area contributed by atoms with Gasteiger partial charge in [0.15, 0.2) is 0 Å². The van der Waals surface area contributed by atoms with Crippen LogP contribution >= 0.6 is 0 Å². The Morgan fingerprint density at radius 2 is 1.08 bits per heavy atom. The molecule has 1 fully saturated rings. The average Bonchev–Trinajstić information content (AvgIpc) is 3.48. The maximum atomic E-state index is 3.87. The van der Waals surface area contributed by atoms with E-state index in [4.69, 9.17) is 0 Å². The van der Waals surface area contributed by atoms with Gasteiger partial charge in [0.2, 0.25) is 0 Å². The van der Waals surface area contributed by atoms with E-state index < -0.39 is 0 Å². The molecule has 0 radical (unpaired) electrons. The van der Waals surface area contributed by atoms with Crippen molar-refractivity contribution in [2.24, 2.45) is 5.41 Å². The van der Waals surface area contributed by atoms with Gasteiger partial charge in [0.25, 0.3) is 0 Å². The monoisotopic (exact) mass is 490 g/mol. The van der Waals surface area contributed by atoms with Gasteiger partial charge in [-0.05, 0) is 132 Å². The van der Waals surface area contributed by atoms with Crippen LogP contribution in [0.15, 0.2) is 34.2 Å². The number of fused-ring (bicyclic) bond motifs is 11. The van der Waals surface area contributed by atoms with E-state index in [1.54, 1.807) is 0 Å². The molecule has 8 bridgehead atoms. The predicted molar refractivity (Wildman–Crippen MR) is 155 cm³/mol. The van der Waals surface area contributed by atoms with Crippen LogP contribution in [-0.2, 0) is 0 Å². The molecular formula is C33H38N4. The second-order valence-electron chi connectivity index (χ2n) is 11.5. The Hall–Kier alpha value is -3.66. The largest absolute Gasteiger partial charge is 0.358 e. The van der Waals surface area contributed by atoms with Gasteiger partial charge in [-0.3, -0.25) is 0 Å². The summed E-state index contributed by atoms with van der Waals surface area (Å²) in [6, 6.07) is 0. The first kappa shape index (κ1) is 23.7. The van der Waals surface area contributed by atoms with Crippen molar-refractivity contribution in [3.8, 4) is 0 Å². The highest BCUT2D eigenvalue weighted by atomic mass is 15.0. The summed E-state index contributed by atoms with van der Waals surface area (Å²) in [6.07, 6.45) is 12.6. The van der Waals surface area contributed by atoms with Gasteiger partial charge in [-0.1, -0.05) is 17.2 Å². The van der Waals surface area contributed by atoms with Crippen LogP contribution in [0.1, 0.15) is 83.3 Å². The number of H-pyrrole nitrogens is 3. The molecule has 1 atom stereocenters. The fraction of sp³-hybridized carbons (Fsp3) is 0.333. The number of hydrogen-bond donors (Lipinski definition) is 4. The summed E-state index contributed by atoms with van der Waals surface area (Å²) in [7, 11) is 0. The molecule has 1 unspecified atom stereocenters. The van der Waals surface area contributed by atoms with Crippen LogP contribution in [0.25, 0.3) is 24.3 Å². The van der Waals surface area contributed by atoms with Crippen molar-refractivity contribution in [2.75, 3.05) is 0 Å². The summed E-state index contributed by atoms with van der Waals surface area (Å²) in [5.74, 6) is 0. The number of aromatic nitrogens is 3. The SMILES string of the molecule is CC1=C(C)C2(C)C3=Cc4[nH]c(c(C)c4C)C=c4[nH]c(c(C)c4C)=Cc4[nH]c(c(C)c4C)C=C(N3)C2=CC1. The van der Waals surface area contributed by atoms with Crippen molar-refractivity contribution in [3.05, 3.63) is 101 Å². The Balaban J connectivity index is 1.72. The van der Waals surface area contributed by atoms with Crippen molar-refractivity contribution < 1.29 is 0 Å². The van der Waals surface area contributed by atoms with Crippen molar-refractivity contribution in [1.29, 1.82) is 0 Å². The van der Waals surface area contributed by atoms with E-state index in [0.717, 1.165) is 39.9 Å². The van der Waals surface area contributed by atoms with E-state index in [0.29, 0.717) is 0 Å². The summed E-state index contributed by atoms with van der Waals surface area (Å²) >= 11 is 0. The Labute approximate surface area is 219 Å². The van der Waals surface area contributed by atoms with E-state index in [1.807, 2.05) is 0 Å². The fourth-order valence-electron chi connectivity index (χ4n) is 6.25. The Morgan fingerprint density at radius 1 is 0.595 bits per heavy atom. The summed E-state index contributed by atoms with van der Waals surface area (Å²) in [5.41, 5.74) is 18.9. The van der Waals surface area contributed by atoms with Crippen molar-refractivity contribution in [1.82, 2.24) is 20.3 Å². The highest BCUT2D eigenvalue weighted by Gasteiger charge is 2.45. The van der Waals surface area contributed by atoms with Gasteiger partial charge < -0.3 is 20.3 Å². The normalized spacial score (nSPS) is 20.5. The molecule has 0 amide bonds. The molecule has 4 nitrogen and oxygen atoms in total. The molecule has 37 heavy (non-hydrogen) atoms. The van der Waals surface area contributed by atoms with E-state index in [1.165, 1.54) is 61.5 Å². The number of allylic oxidation sites excluding steroid dienone is 4. The van der Waals surface area contributed by atoms with Gasteiger partial charge in [-0.15, -0.1) is 0 Å². The van der Waals surface area contributed by atoms with Crippen LogP contribution in [0.5, 0.6) is 0 Å². The molecule has 1 saturated heterocycles. The minimum absolute atomic E-state index is 0.177. The van der Waals surface area contributed by atoms with Gasteiger partial charge in [-0.25, -0.2) is 0 Å². The van der Waals surface area contributed by atoms with Gasteiger partial charge in [0.1, 0.15) is 0 Å². The summed E-state index contributed by atoms with van der Waals surface area (Å²) in [4.78, 5) is 11.2. The van der Waals surface area contributed by atoms with Gasteiger partial charge >= 0.3 is 0 Å². The van der Waals surface area contributed by atoms with Crippen molar-refractivity contribution in [2.45, 2.75) is 68.7 Å². The minimum atomic E-state index is -0.177. The smallest absolute Gasteiger partial charge is 0.0551 e. The predicted octanol–water partition coefficient (Wildman–Crippen LogP) is 6.15. The van der Waals surface area contributed by atoms with Gasteiger partial charge in [0.05, 0.1) is 5.41 Å². The van der Waals surface area contributed by atoms with E-state index in [9.17, 15) is 0 Å². The first-order chi connectivity index (χ1) is 17.5. The van der Waals surface area contributed by atoms with Gasteiger partial charge in [-0.2, -0.15) is 0 Å². The zero-order chi connectivity index (χ0) is 26.4. The minimum Gasteiger partial charge on any atom is -0.358 e. The van der Waals surface area contributed by atoms with Crippen LogP contribution in [0, 0.1) is 47.0 Å². The molecule has 3 aromatic heterocycles. The maximum Gasteiger partial charge on any atom is 0.0551 e. The molecule has 190 valence electrons. The standard InChI is InChI=1S/C33H38N4/c1-16-10-11-24-31-14-29-20(5)19(4)27(35-29)12-25-17(2)18(3)26(34-25)13-28-21(6)22(7)30(36-28)15-32(37-31)33(24,9)23(16)8/h11-15,34-37H,10H2,1-9H3. The Bertz CT molecular complexity index is 1750. The molecule has 4 heteroatoms. The zero-order valence-corrected chi connectivity index (χ0v) is 23.6. The Kier molecular flexibility index (Phi) is 5.08. The summed E-state index contributed by atoms with van der Waals surface area (Å²) < 4.78 is 0. The average molecular weight is 491 g/mol. The third kappa shape index (κ3) is 3.28. The summed E-state index contributed by atoms with van der Waals surface area (Å²) in [6.45, 7) is 20.2. The molecule has 2 aliphatic heterocycles. The van der Waals surface area contributed by atoms with Crippen molar-refractivity contribution >= 4 is 24.3 Å². The lowest BCUT2D eigenvalue weighted by Gasteiger charge is -2.33. The second kappa shape index (κ2) is 7.92. The van der Waals surface area contributed by atoms with E-state index >= 15 is 0 Å². The molecule has 0 aromatic carbocycles. The fourth-order valence-corrected chi connectivity index (χ4v) is 6.25. The van der Waals surface area contributed by atoms with E-state index in [2.05, 4.69) is 113 Å². The lowest BCUT2D eigenvalue weighted by atomic mass is 9.70. The lowest BCUT2D eigenvalue weighted by molar-refractivity contribution is 0.583. The van der Waals surface area contributed by atoms with Crippen LogP contribution in [0.2, 0.25) is 0 Å². The second-order valence-corrected chi connectivity index (χ2v) is 11.5. The molecule has 6 rings (SSSR count). The highest BCUT2D eigenvalue weighted by Crippen LogP contribution is 2.53. The lowest BCUT2D eigenvalue weighted by Crippen LogP contribution is -2.23. The van der Waals surface area contributed by atoms with Crippen LogP contribution in [0.3, 0.4) is 0 Å². The molecular weight excluding hydrogens is 452 g/mol. The Morgan fingerprint density at radius 3 is 1.62 bits per heavy atom. The number of rotatable bonds is 0. The third-order valence-corrected chi connectivity index (χ3v) is 9.71. The first-order valence-electron chi connectivity index (χ1n) is 13.4. The van der Waals surface area contributed by atoms with Crippen LogP contribution in [-0.4, -0.2) is 15.0 Å². The topological polar surface area (TPSA) is 59.4 Å².